The van der Waals surface area contributed by atoms with Crippen LogP contribution in [0.25, 0.3) is 32.3 Å². The molecule has 37 heavy (non-hydrogen) atoms. The highest BCUT2D eigenvalue weighted by atomic mass is 32.2. The zero-order valence-electron chi connectivity index (χ0n) is 20.3. The molecule has 8 rings (SSSR count). The zero-order valence-corrected chi connectivity index (χ0v) is 21.2. The molecule has 0 aromatic heterocycles. The first-order valence-electron chi connectivity index (χ1n) is 13.1. The third-order valence-corrected chi connectivity index (χ3v) is 9.64. The molecule has 2 heteroatoms. The molecule has 3 aliphatic rings. The molecule has 1 nitrogen and oxygen atoms in total. The molecule has 0 radical (unpaired) electrons. The molecule has 2 heterocycles. The number of nitrogens with zero attached hydrogens (tertiary/aromatic N) is 1. The second-order valence-corrected chi connectivity index (χ2v) is 11.4. The van der Waals surface area contributed by atoms with Crippen LogP contribution < -0.4 is 0 Å². The van der Waals surface area contributed by atoms with Crippen LogP contribution in [0.1, 0.15) is 29.4 Å². The highest BCUT2D eigenvalue weighted by Gasteiger charge is 2.38. The quantitative estimate of drug-likeness (QED) is 0.224. The van der Waals surface area contributed by atoms with Gasteiger partial charge in [0.15, 0.2) is 0 Å². The van der Waals surface area contributed by atoms with Crippen molar-refractivity contribution in [3.8, 4) is 0 Å². The Hall–Kier alpha value is -3.88. The molecule has 0 spiro atoms. The van der Waals surface area contributed by atoms with Crippen LogP contribution in [0.4, 0.5) is 0 Å². The largest absolute Gasteiger partial charge is 0.260 e. The van der Waals surface area contributed by atoms with Crippen molar-refractivity contribution in [2.75, 3.05) is 0 Å². The summed E-state index contributed by atoms with van der Waals surface area (Å²) >= 11 is 1.98. The summed E-state index contributed by atoms with van der Waals surface area (Å²) in [6.45, 7) is 0. The standard InChI is InChI=1S/C35H25NS/c1-2-12-27-25(10-1)26-11-3-4-13-28(26)32-21-23(16-17-29(27)32)22-8-7-9-24(20-22)34-35-31(18-19-36-34)30-14-5-6-15-33(30)37-35/h1-19,21-22,31,35H,20H2. The van der Waals surface area contributed by atoms with Gasteiger partial charge in [-0.05, 0) is 67.6 Å². The zero-order chi connectivity index (χ0) is 24.3. The van der Waals surface area contributed by atoms with E-state index < -0.39 is 0 Å². The molecule has 3 unspecified atom stereocenters. The first-order valence-corrected chi connectivity index (χ1v) is 13.9. The fourth-order valence-corrected chi connectivity index (χ4v) is 7.95. The van der Waals surface area contributed by atoms with Crippen molar-refractivity contribution in [2.24, 2.45) is 4.99 Å². The Kier molecular flexibility index (Phi) is 4.78. The molecule has 3 atom stereocenters. The van der Waals surface area contributed by atoms with Crippen molar-refractivity contribution in [2.45, 2.75) is 28.4 Å². The van der Waals surface area contributed by atoms with Gasteiger partial charge in [-0.1, -0.05) is 103 Å². The van der Waals surface area contributed by atoms with Crippen LogP contribution in [-0.4, -0.2) is 11.0 Å². The molecule has 2 aliphatic heterocycles. The molecule has 0 fully saturated rings. The van der Waals surface area contributed by atoms with Gasteiger partial charge in [-0.2, -0.15) is 0 Å². The van der Waals surface area contributed by atoms with Gasteiger partial charge in [-0.15, -0.1) is 11.8 Å². The number of benzene rings is 5. The fraction of sp³-hybridized carbons (Fsp3) is 0.114. The van der Waals surface area contributed by atoms with Crippen LogP contribution in [0.5, 0.6) is 0 Å². The van der Waals surface area contributed by atoms with E-state index in [1.54, 1.807) is 0 Å². The highest BCUT2D eigenvalue weighted by molar-refractivity contribution is 8.01. The summed E-state index contributed by atoms with van der Waals surface area (Å²) in [6, 6.07) is 33.6. The Morgan fingerprint density at radius 2 is 1.35 bits per heavy atom. The van der Waals surface area contributed by atoms with Crippen LogP contribution in [0.15, 0.2) is 137 Å². The minimum atomic E-state index is 0.343. The van der Waals surface area contributed by atoms with E-state index in [0.29, 0.717) is 17.1 Å². The molecule has 0 N–H and O–H groups in total. The minimum absolute atomic E-state index is 0.343. The summed E-state index contributed by atoms with van der Waals surface area (Å²) < 4.78 is 0. The maximum absolute atomic E-state index is 4.95. The van der Waals surface area contributed by atoms with Gasteiger partial charge in [0.25, 0.3) is 0 Å². The van der Waals surface area contributed by atoms with E-state index in [1.165, 1.54) is 59.6 Å². The number of hydrogen-bond acceptors (Lipinski definition) is 2. The third-order valence-electron chi connectivity index (χ3n) is 8.24. The van der Waals surface area contributed by atoms with Gasteiger partial charge in [0.1, 0.15) is 0 Å². The Bertz CT molecular complexity index is 1820. The van der Waals surface area contributed by atoms with Crippen molar-refractivity contribution < 1.29 is 0 Å². The minimum Gasteiger partial charge on any atom is -0.260 e. The smallest absolute Gasteiger partial charge is 0.0624 e. The number of aliphatic imine (C=N–C) groups is 1. The van der Waals surface area contributed by atoms with Gasteiger partial charge >= 0.3 is 0 Å². The second-order valence-electron chi connectivity index (χ2n) is 10.2. The molecule has 176 valence electrons. The van der Waals surface area contributed by atoms with E-state index in [0.717, 1.165) is 6.42 Å². The lowest BCUT2D eigenvalue weighted by Gasteiger charge is -2.27. The van der Waals surface area contributed by atoms with Crippen molar-refractivity contribution in [3.63, 3.8) is 0 Å². The SMILES string of the molecule is C1=CC(c2ccc3c4ccccc4c4ccccc4c3c2)CC(C2=NC=CC3c4ccccc4SC23)=C1. The lowest BCUT2D eigenvalue weighted by molar-refractivity contribution is 0.822. The van der Waals surface area contributed by atoms with Crippen molar-refractivity contribution in [1.29, 1.82) is 0 Å². The van der Waals surface area contributed by atoms with E-state index >= 15 is 0 Å². The van der Waals surface area contributed by atoms with Gasteiger partial charge in [-0.3, -0.25) is 4.99 Å². The van der Waals surface area contributed by atoms with Gasteiger partial charge in [0.05, 0.1) is 11.0 Å². The van der Waals surface area contributed by atoms with E-state index in [2.05, 4.69) is 115 Å². The predicted octanol–water partition coefficient (Wildman–Crippen LogP) is 9.34. The number of fused-ring (bicyclic) bond motifs is 9. The first kappa shape index (κ1) is 21.2. The van der Waals surface area contributed by atoms with E-state index in [9.17, 15) is 0 Å². The Morgan fingerprint density at radius 1 is 0.676 bits per heavy atom. The Balaban J connectivity index is 1.18. The third kappa shape index (κ3) is 3.29. The van der Waals surface area contributed by atoms with E-state index in [1.807, 2.05) is 18.0 Å². The lowest BCUT2D eigenvalue weighted by Crippen LogP contribution is -2.26. The van der Waals surface area contributed by atoms with Crippen LogP contribution in [-0.2, 0) is 0 Å². The summed E-state index contributed by atoms with van der Waals surface area (Å²) in [6.07, 6.45) is 12.2. The van der Waals surface area contributed by atoms with E-state index in [4.69, 9.17) is 4.99 Å². The number of hydrogen-bond donors (Lipinski definition) is 0. The molecule has 1 aliphatic carbocycles. The molecule has 0 bridgehead atoms. The topological polar surface area (TPSA) is 12.4 Å². The van der Waals surface area contributed by atoms with Crippen LogP contribution in [0, 0.1) is 0 Å². The van der Waals surface area contributed by atoms with Crippen molar-refractivity contribution in [1.82, 2.24) is 0 Å². The van der Waals surface area contributed by atoms with Crippen molar-refractivity contribution in [3.05, 3.63) is 138 Å². The maximum Gasteiger partial charge on any atom is 0.0624 e. The maximum atomic E-state index is 4.95. The van der Waals surface area contributed by atoms with Crippen LogP contribution >= 0.6 is 11.8 Å². The predicted molar refractivity (Wildman–Crippen MR) is 159 cm³/mol. The highest BCUT2D eigenvalue weighted by Crippen LogP contribution is 2.49. The van der Waals surface area contributed by atoms with Crippen LogP contribution in [0.3, 0.4) is 0 Å². The molecular weight excluding hydrogens is 466 g/mol. The summed E-state index contributed by atoms with van der Waals surface area (Å²) in [5.41, 5.74) is 5.44. The van der Waals surface area contributed by atoms with Crippen molar-refractivity contribution >= 4 is 49.8 Å². The molecule has 0 amide bonds. The lowest BCUT2D eigenvalue weighted by atomic mass is 9.81. The average molecular weight is 492 g/mol. The van der Waals surface area contributed by atoms with E-state index in [-0.39, 0.29) is 0 Å². The number of rotatable bonds is 2. The summed E-state index contributed by atoms with van der Waals surface area (Å²) in [4.78, 5) is 6.34. The first-order chi connectivity index (χ1) is 18.3. The number of thioether (sulfide) groups is 1. The molecule has 5 aromatic rings. The summed E-state index contributed by atoms with van der Waals surface area (Å²) in [5, 5.41) is 8.36. The Labute approximate surface area is 220 Å². The Morgan fingerprint density at radius 3 is 2.14 bits per heavy atom. The molecular formula is C35H25NS. The second kappa shape index (κ2) is 8.33. The molecule has 0 saturated heterocycles. The van der Waals surface area contributed by atoms with Gasteiger partial charge < -0.3 is 0 Å². The summed E-state index contributed by atoms with van der Waals surface area (Å²) in [5.74, 6) is 0.759. The van der Waals surface area contributed by atoms with Gasteiger partial charge in [0, 0.05) is 22.9 Å². The number of allylic oxidation sites excluding steroid dienone is 5. The summed E-state index contributed by atoms with van der Waals surface area (Å²) in [7, 11) is 0. The monoisotopic (exact) mass is 491 g/mol. The van der Waals surface area contributed by atoms with Gasteiger partial charge in [0.2, 0.25) is 0 Å². The fourth-order valence-electron chi connectivity index (χ4n) is 6.48. The average Bonchev–Trinajstić information content (AvgIpc) is 3.36. The molecule has 5 aromatic carbocycles. The van der Waals surface area contributed by atoms with Crippen LogP contribution in [0.2, 0.25) is 0 Å². The normalized spacial score (nSPS) is 22.2. The van der Waals surface area contributed by atoms with Gasteiger partial charge in [-0.25, -0.2) is 0 Å². The molecule has 0 saturated carbocycles.